The van der Waals surface area contributed by atoms with Gasteiger partial charge in [-0.3, -0.25) is 4.57 Å². The number of hydrogen-bond acceptors (Lipinski definition) is 6. The zero-order valence-corrected chi connectivity index (χ0v) is 16.1. The maximum Gasteiger partial charge on any atom is 0.200 e. The molecule has 1 aromatic carbocycles. The molecule has 7 N–H and O–H groups in total. The molecule has 0 saturated carbocycles. The highest BCUT2D eigenvalue weighted by Crippen LogP contribution is 2.44. The standard InChI is InChI=1S/C17H17Cl2N7O2/c18-12-5-13(28-4-1-20)15-11(10-6-23-24-7-10)8-26(17(15)16(12)19)14(21)9-25(22)2-3-27/h5-9,27H,2-4,21-22H2,(H,23,24)/p+1/b14-9+. The van der Waals surface area contributed by atoms with Gasteiger partial charge in [-0.1, -0.05) is 23.2 Å². The fraction of sp³-hybridized carbons (Fsp3) is 0.176. The monoisotopic (exact) mass is 422 g/mol. The van der Waals surface area contributed by atoms with Crippen LogP contribution in [-0.2, 0) is 0 Å². The minimum atomic E-state index is -0.157. The van der Waals surface area contributed by atoms with Gasteiger partial charge in [0, 0.05) is 17.8 Å². The normalized spacial score (nSPS) is 11.6. The second kappa shape index (κ2) is 8.41. The number of nitriles is 1. The number of halogens is 2. The molecule has 0 fully saturated rings. The van der Waals surface area contributed by atoms with Crippen LogP contribution in [0.25, 0.3) is 27.9 Å². The minimum Gasteiger partial charge on any atom is -0.478 e. The molecular weight excluding hydrogens is 405 g/mol. The lowest BCUT2D eigenvalue weighted by Gasteiger charge is -2.15. The maximum atomic E-state index is 9.03. The van der Waals surface area contributed by atoms with Crippen molar-refractivity contribution in [1.29, 1.82) is 5.26 Å². The van der Waals surface area contributed by atoms with Crippen LogP contribution >= 0.6 is 23.2 Å². The zero-order chi connectivity index (χ0) is 20.3. The third-order valence-corrected chi connectivity index (χ3v) is 4.78. The van der Waals surface area contributed by atoms with Crippen LogP contribution < -0.4 is 21.4 Å². The Balaban J connectivity index is 2.31. The molecule has 3 rings (SSSR count). The molecule has 146 valence electrons. The Morgan fingerprint density at radius 1 is 1.50 bits per heavy atom. The van der Waals surface area contributed by atoms with E-state index >= 15 is 0 Å². The number of ether oxygens (including phenoxy) is 1. The number of nitrogens with two attached hydrogens (primary N) is 2. The highest BCUT2D eigenvalue weighted by molar-refractivity contribution is 6.45. The van der Waals surface area contributed by atoms with E-state index in [-0.39, 0.29) is 35.6 Å². The smallest absolute Gasteiger partial charge is 0.200 e. The van der Waals surface area contributed by atoms with Crippen LogP contribution in [0.1, 0.15) is 0 Å². The van der Waals surface area contributed by atoms with Gasteiger partial charge in [0.2, 0.25) is 6.20 Å². The first-order chi connectivity index (χ1) is 13.5. The Hall–Kier alpha value is -2.90. The number of benzene rings is 1. The van der Waals surface area contributed by atoms with E-state index in [1.807, 2.05) is 6.07 Å². The summed E-state index contributed by atoms with van der Waals surface area (Å²) < 4.78 is 7.22. The first-order valence-corrected chi connectivity index (χ1v) is 8.91. The number of rotatable bonds is 7. The van der Waals surface area contributed by atoms with E-state index in [9.17, 15) is 0 Å². The van der Waals surface area contributed by atoms with Crippen LogP contribution in [0.2, 0.25) is 10.0 Å². The van der Waals surface area contributed by atoms with E-state index in [4.69, 9.17) is 49.9 Å². The molecule has 9 nitrogen and oxygen atoms in total. The summed E-state index contributed by atoms with van der Waals surface area (Å²) in [5.41, 5.74) is 8.31. The van der Waals surface area contributed by atoms with Crippen molar-refractivity contribution in [2.24, 2.45) is 11.6 Å². The second-order valence-corrected chi connectivity index (χ2v) is 6.59. The number of hydrazine groups is 1. The number of aromatic nitrogens is 3. The first kappa shape index (κ1) is 19.9. The van der Waals surface area contributed by atoms with Gasteiger partial charge in [-0.05, 0) is 0 Å². The number of hydrogen-bond donors (Lipinski definition) is 4. The van der Waals surface area contributed by atoms with Gasteiger partial charge >= 0.3 is 0 Å². The maximum absolute atomic E-state index is 9.03. The summed E-state index contributed by atoms with van der Waals surface area (Å²) in [6.45, 7) is -0.0875. The van der Waals surface area contributed by atoms with Crippen molar-refractivity contribution >= 4 is 39.9 Å². The fourth-order valence-electron chi connectivity index (χ4n) is 2.83. The summed E-state index contributed by atoms with van der Waals surface area (Å²) in [7, 11) is 0. The molecule has 2 heterocycles. The summed E-state index contributed by atoms with van der Waals surface area (Å²) in [5, 5.41) is 26.1. The van der Waals surface area contributed by atoms with Gasteiger partial charge in [0.25, 0.3) is 0 Å². The predicted molar refractivity (Wildman–Crippen MR) is 106 cm³/mol. The van der Waals surface area contributed by atoms with Crippen molar-refractivity contribution < 1.29 is 14.9 Å². The molecule has 0 spiro atoms. The fourth-order valence-corrected chi connectivity index (χ4v) is 3.26. The summed E-state index contributed by atoms with van der Waals surface area (Å²) in [6, 6.07) is 3.50. The first-order valence-electron chi connectivity index (χ1n) is 8.15. The van der Waals surface area contributed by atoms with Crippen LogP contribution in [0.5, 0.6) is 5.75 Å². The minimum absolute atomic E-state index is 0.129. The number of fused-ring (bicyclic) bond motifs is 1. The van der Waals surface area contributed by atoms with Gasteiger partial charge in [0.05, 0.1) is 52.1 Å². The summed E-state index contributed by atoms with van der Waals surface area (Å²) >= 11 is 12.8. The Bertz CT molecular complexity index is 1050. The molecule has 11 heteroatoms. The molecule has 3 aromatic rings. The van der Waals surface area contributed by atoms with E-state index in [2.05, 4.69) is 10.2 Å². The molecule has 0 radical (unpaired) electrons. The van der Waals surface area contributed by atoms with Gasteiger partial charge in [-0.2, -0.15) is 10.4 Å². The van der Waals surface area contributed by atoms with Crippen molar-refractivity contribution in [2.45, 2.75) is 0 Å². The third-order valence-electron chi connectivity index (χ3n) is 4.00. The SMILES string of the molecule is N#CCOc1cc(Cl)c(Cl)c2c1c(-c1c[nH][nH+]c1)cn2/C(N)=C/N(N)CCO. The lowest BCUT2D eigenvalue weighted by molar-refractivity contribution is -0.448. The van der Waals surface area contributed by atoms with Crippen molar-refractivity contribution in [2.75, 3.05) is 19.8 Å². The van der Waals surface area contributed by atoms with Crippen LogP contribution in [-0.4, -0.2) is 39.5 Å². The van der Waals surface area contributed by atoms with Gasteiger partial charge in [0.1, 0.15) is 17.6 Å². The van der Waals surface area contributed by atoms with Gasteiger partial charge in [-0.25, -0.2) is 5.84 Å². The quantitative estimate of drug-likeness (QED) is 0.335. The summed E-state index contributed by atoms with van der Waals surface area (Å²) in [6.07, 6.45) is 6.75. The molecule has 0 amide bonds. The topological polar surface area (TPSA) is 143 Å². The van der Waals surface area contributed by atoms with E-state index in [1.165, 1.54) is 11.2 Å². The highest BCUT2D eigenvalue weighted by atomic mass is 35.5. The molecule has 0 aliphatic carbocycles. The van der Waals surface area contributed by atoms with E-state index < -0.39 is 0 Å². The molecule has 0 bridgehead atoms. The highest BCUT2D eigenvalue weighted by Gasteiger charge is 2.22. The third kappa shape index (κ3) is 3.72. The molecule has 0 unspecified atom stereocenters. The number of aromatic amines is 2. The number of aliphatic hydroxyl groups is 1. The van der Waals surface area contributed by atoms with Gasteiger partial charge in [0.15, 0.2) is 6.61 Å². The summed E-state index contributed by atoms with van der Waals surface area (Å²) in [4.78, 5) is 0. The van der Waals surface area contributed by atoms with Crippen LogP contribution in [0.15, 0.2) is 30.9 Å². The largest absolute Gasteiger partial charge is 0.478 e. The lowest BCUT2D eigenvalue weighted by Crippen LogP contribution is -2.29. The predicted octanol–water partition coefficient (Wildman–Crippen LogP) is 1.54. The number of aliphatic hydroxyl groups excluding tert-OH is 1. The Morgan fingerprint density at radius 3 is 2.93 bits per heavy atom. The van der Waals surface area contributed by atoms with Crippen LogP contribution in [0, 0.1) is 11.3 Å². The van der Waals surface area contributed by atoms with Gasteiger partial charge in [-0.15, -0.1) is 5.10 Å². The number of nitrogens with one attached hydrogen (secondary N) is 2. The van der Waals surface area contributed by atoms with Crippen molar-refractivity contribution in [1.82, 2.24) is 14.7 Å². The van der Waals surface area contributed by atoms with Crippen LogP contribution in [0.3, 0.4) is 0 Å². The molecule has 0 aliphatic rings. The second-order valence-electron chi connectivity index (χ2n) is 5.80. The van der Waals surface area contributed by atoms with E-state index in [1.54, 1.807) is 29.2 Å². The molecular formula is C17H18Cl2N7O2+. The Kier molecular flexibility index (Phi) is 5.96. The molecule has 2 aromatic heterocycles. The number of nitrogens with zero attached hydrogens (tertiary/aromatic N) is 3. The molecule has 0 saturated heterocycles. The van der Waals surface area contributed by atoms with Crippen LogP contribution in [0.4, 0.5) is 0 Å². The van der Waals surface area contributed by atoms with E-state index in [0.717, 1.165) is 11.1 Å². The average Bonchev–Trinajstić information content (AvgIpc) is 3.31. The lowest BCUT2D eigenvalue weighted by atomic mass is 10.1. The molecule has 28 heavy (non-hydrogen) atoms. The van der Waals surface area contributed by atoms with Gasteiger partial charge < -0.3 is 20.6 Å². The summed E-state index contributed by atoms with van der Waals surface area (Å²) in [5.74, 6) is 6.45. The van der Waals surface area contributed by atoms with Crippen molar-refractivity contribution in [3.05, 3.63) is 40.9 Å². The number of H-pyrrole nitrogens is 2. The molecule has 0 atom stereocenters. The van der Waals surface area contributed by atoms with E-state index in [0.29, 0.717) is 16.7 Å². The Morgan fingerprint density at radius 2 is 2.29 bits per heavy atom. The Labute approximate surface area is 170 Å². The average molecular weight is 423 g/mol. The zero-order valence-electron chi connectivity index (χ0n) is 14.6. The van der Waals surface area contributed by atoms with Crippen molar-refractivity contribution in [3.63, 3.8) is 0 Å². The van der Waals surface area contributed by atoms with Crippen molar-refractivity contribution in [3.8, 4) is 22.9 Å². The molecule has 0 aliphatic heterocycles.